The summed E-state index contributed by atoms with van der Waals surface area (Å²) in [7, 11) is 0. The molecule has 0 spiro atoms. The average molecular weight is 245 g/mol. The van der Waals surface area contributed by atoms with Gasteiger partial charge in [-0.05, 0) is 46.5 Å². The van der Waals surface area contributed by atoms with Gasteiger partial charge in [-0.2, -0.15) is 0 Å². The van der Waals surface area contributed by atoms with Crippen LogP contribution in [0.15, 0.2) is 0 Å². The van der Waals surface area contributed by atoms with Crippen LogP contribution >= 0.6 is 0 Å². The summed E-state index contributed by atoms with van der Waals surface area (Å²) in [4.78, 5) is 11.5. The van der Waals surface area contributed by atoms with Crippen molar-refractivity contribution in [3.05, 3.63) is 0 Å². The second-order valence-corrected chi connectivity index (χ2v) is 4.68. The lowest BCUT2D eigenvalue weighted by Gasteiger charge is -2.22. The van der Waals surface area contributed by atoms with Gasteiger partial charge in [0.15, 0.2) is 0 Å². The zero-order valence-electron chi connectivity index (χ0n) is 11.6. The molecule has 0 bridgehead atoms. The first kappa shape index (κ1) is 16.4. The molecule has 0 fully saturated rings. The van der Waals surface area contributed by atoms with Crippen molar-refractivity contribution in [2.24, 2.45) is 5.73 Å². The predicted octanol–water partition coefficient (Wildman–Crippen LogP) is 2.25. The minimum Gasteiger partial charge on any atom is -0.465 e. The minimum absolute atomic E-state index is 0.310. The van der Waals surface area contributed by atoms with Gasteiger partial charge in [-0.3, -0.25) is 4.79 Å². The van der Waals surface area contributed by atoms with Crippen LogP contribution < -0.4 is 5.73 Å². The summed E-state index contributed by atoms with van der Waals surface area (Å²) in [6.45, 7) is 8.78. The first-order chi connectivity index (χ1) is 7.94. The summed E-state index contributed by atoms with van der Waals surface area (Å²) in [5.74, 6) is -0.317. The quantitative estimate of drug-likeness (QED) is 0.500. The van der Waals surface area contributed by atoms with Gasteiger partial charge in [0.25, 0.3) is 0 Å². The van der Waals surface area contributed by atoms with Gasteiger partial charge in [-0.25, -0.2) is 0 Å². The molecular formula is C13H27NO3. The molecule has 0 heterocycles. The maximum atomic E-state index is 11.5. The lowest BCUT2D eigenvalue weighted by Crippen LogP contribution is -2.46. The molecule has 0 saturated heterocycles. The molecule has 0 rings (SSSR count). The van der Waals surface area contributed by atoms with Gasteiger partial charge in [0.2, 0.25) is 0 Å². The lowest BCUT2D eigenvalue weighted by atomic mass is 9.96. The third-order valence-electron chi connectivity index (χ3n) is 2.81. The lowest BCUT2D eigenvalue weighted by molar-refractivity contribution is -0.149. The first-order valence-electron chi connectivity index (χ1n) is 6.51. The van der Waals surface area contributed by atoms with Crippen LogP contribution in [0.25, 0.3) is 0 Å². The van der Waals surface area contributed by atoms with Gasteiger partial charge >= 0.3 is 5.97 Å². The van der Waals surface area contributed by atoms with Crippen molar-refractivity contribution < 1.29 is 14.3 Å². The Morgan fingerprint density at radius 3 is 2.53 bits per heavy atom. The summed E-state index contributed by atoms with van der Waals surface area (Å²) in [5, 5.41) is 0. The Bertz CT molecular complexity index is 217. The molecule has 0 saturated carbocycles. The number of unbranched alkanes of at least 4 members (excludes halogenated alkanes) is 1. The third kappa shape index (κ3) is 7.34. The van der Waals surface area contributed by atoms with E-state index in [-0.39, 0.29) is 5.97 Å². The highest BCUT2D eigenvalue weighted by molar-refractivity contribution is 5.79. The Kier molecular flexibility index (Phi) is 8.17. The molecule has 4 nitrogen and oxygen atoms in total. The smallest absolute Gasteiger partial charge is 0.325 e. The van der Waals surface area contributed by atoms with Crippen molar-refractivity contribution in [2.75, 3.05) is 13.2 Å². The van der Waals surface area contributed by atoms with Crippen molar-refractivity contribution in [3.8, 4) is 0 Å². The van der Waals surface area contributed by atoms with Crippen LogP contribution in [-0.2, 0) is 14.3 Å². The molecule has 0 aliphatic heterocycles. The molecule has 2 unspecified atom stereocenters. The van der Waals surface area contributed by atoms with E-state index in [1.54, 1.807) is 13.8 Å². The largest absolute Gasteiger partial charge is 0.465 e. The molecule has 4 heteroatoms. The van der Waals surface area contributed by atoms with Crippen LogP contribution in [0.2, 0.25) is 0 Å². The van der Waals surface area contributed by atoms with Gasteiger partial charge < -0.3 is 15.2 Å². The Balaban J connectivity index is 3.69. The maximum absolute atomic E-state index is 11.5. The molecule has 102 valence electrons. The van der Waals surface area contributed by atoms with Crippen molar-refractivity contribution >= 4 is 5.97 Å². The van der Waals surface area contributed by atoms with Gasteiger partial charge in [0.1, 0.15) is 5.54 Å². The van der Waals surface area contributed by atoms with E-state index in [2.05, 4.69) is 13.8 Å². The summed E-state index contributed by atoms with van der Waals surface area (Å²) in [6, 6.07) is 0. The van der Waals surface area contributed by atoms with E-state index in [0.717, 1.165) is 25.9 Å². The number of nitrogens with two attached hydrogens (primary N) is 1. The van der Waals surface area contributed by atoms with E-state index in [1.165, 1.54) is 0 Å². The van der Waals surface area contributed by atoms with E-state index in [0.29, 0.717) is 19.1 Å². The molecule has 0 aliphatic rings. The topological polar surface area (TPSA) is 61.5 Å². The van der Waals surface area contributed by atoms with E-state index >= 15 is 0 Å². The molecule has 0 aliphatic carbocycles. The van der Waals surface area contributed by atoms with Crippen LogP contribution in [0.4, 0.5) is 0 Å². The summed E-state index contributed by atoms with van der Waals surface area (Å²) >= 11 is 0. The molecule has 0 radical (unpaired) electrons. The zero-order chi connectivity index (χ0) is 13.3. The first-order valence-corrected chi connectivity index (χ1v) is 6.51. The summed E-state index contributed by atoms with van der Waals surface area (Å²) in [5.41, 5.74) is 5.03. The molecule has 2 atom stereocenters. The summed E-state index contributed by atoms with van der Waals surface area (Å²) < 4.78 is 10.5. The second-order valence-electron chi connectivity index (χ2n) is 4.68. The SMILES string of the molecule is CCOC(=O)C(C)(N)CCCCOC(C)CC. The number of rotatable bonds is 9. The maximum Gasteiger partial charge on any atom is 0.325 e. The molecule has 2 N–H and O–H groups in total. The zero-order valence-corrected chi connectivity index (χ0v) is 11.6. The number of hydrogen-bond donors (Lipinski definition) is 1. The Labute approximate surface area is 105 Å². The average Bonchev–Trinajstić information content (AvgIpc) is 2.28. The van der Waals surface area contributed by atoms with Crippen LogP contribution in [0.1, 0.15) is 53.4 Å². The Morgan fingerprint density at radius 1 is 1.35 bits per heavy atom. The normalized spacial score (nSPS) is 16.3. The van der Waals surface area contributed by atoms with Crippen molar-refractivity contribution in [1.82, 2.24) is 0 Å². The molecule has 0 amide bonds. The number of hydrogen-bond acceptors (Lipinski definition) is 4. The van der Waals surface area contributed by atoms with Gasteiger partial charge in [0, 0.05) is 6.61 Å². The van der Waals surface area contributed by atoms with Crippen molar-refractivity contribution in [1.29, 1.82) is 0 Å². The van der Waals surface area contributed by atoms with E-state index < -0.39 is 5.54 Å². The highest BCUT2D eigenvalue weighted by atomic mass is 16.5. The fraction of sp³-hybridized carbons (Fsp3) is 0.923. The number of esters is 1. The van der Waals surface area contributed by atoms with Gasteiger partial charge in [-0.15, -0.1) is 0 Å². The van der Waals surface area contributed by atoms with Crippen molar-refractivity contribution in [3.63, 3.8) is 0 Å². The second kappa shape index (κ2) is 8.48. The van der Waals surface area contributed by atoms with Gasteiger partial charge in [-0.1, -0.05) is 6.92 Å². The third-order valence-corrected chi connectivity index (χ3v) is 2.81. The molecular weight excluding hydrogens is 218 g/mol. The van der Waals surface area contributed by atoms with E-state index in [1.807, 2.05) is 0 Å². The molecule has 0 aromatic heterocycles. The minimum atomic E-state index is -0.869. The summed E-state index contributed by atoms with van der Waals surface area (Å²) in [6.07, 6.45) is 3.77. The molecule has 17 heavy (non-hydrogen) atoms. The monoisotopic (exact) mass is 245 g/mol. The van der Waals surface area contributed by atoms with E-state index in [4.69, 9.17) is 15.2 Å². The fourth-order valence-corrected chi connectivity index (χ4v) is 1.39. The Hall–Kier alpha value is -0.610. The van der Waals surface area contributed by atoms with Crippen LogP contribution in [0.3, 0.4) is 0 Å². The van der Waals surface area contributed by atoms with Crippen molar-refractivity contribution in [2.45, 2.75) is 65.0 Å². The predicted molar refractivity (Wildman–Crippen MR) is 68.8 cm³/mol. The van der Waals surface area contributed by atoms with Crippen LogP contribution in [0, 0.1) is 0 Å². The number of carbonyl (C=O) groups excluding carboxylic acids is 1. The van der Waals surface area contributed by atoms with Crippen LogP contribution in [-0.4, -0.2) is 30.8 Å². The fourth-order valence-electron chi connectivity index (χ4n) is 1.39. The standard InChI is InChI=1S/C13H27NO3/c1-5-11(3)17-10-8-7-9-13(4,14)12(15)16-6-2/h11H,5-10,14H2,1-4H3. The highest BCUT2D eigenvalue weighted by Crippen LogP contribution is 2.13. The van der Waals surface area contributed by atoms with Crippen LogP contribution in [0.5, 0.6) is 0 Å². The molecule has 0 aromatic rings. The van der Waals surface area contributed by atoms with Gasteiger partial charge in [0.05, 0.1) is 12.7 Å². The Morgan fingerprint density at radius 2 is 2.00 bits per heavy atom. The number of ether oxygens (including phenoxy) is 2. The van der Waals surface area contributed by atoms with E-state index in [9.17, 15) is 4.79 Å². The number of carbonyl (C=O) groups is 1. The molecule has 0 aromatic carbocycles. The highest BCUT2D eigenvalue weighted by Gasteiger charge is 2.28.